The number of carbonyl (C=O) groups is 1. The van der Waals surface area contributed by atoms with Crippen molar-refractivity contribution in [2.75, 3.05) is 25.0 Å². The van der Waals surface area contributed by atoms with Crippen LogP contribution in [0.4, 0.5) is 20.2 Å². The van der Waals surface area contributed by atoms with Gasteiger partial charge in [0.25, 0.3) is 5.69 Å². The van der Waals surface area contributed by atoms with Gasteiger partial charge in [0, 0.05) is 19.2 Å². The summed E-state index contributed by atoms with van der Waals surface area (Å²) in [7, 11) is 0. The molecule has 0 aliphatic carbocycles. The summed E-state index contributed by atoms with van der Waals surface area (Å²) in [5.74, 6) is -2.94. The normalized spacial score (nSPS) is 10.2. The second kappa shape index (κ2) is 6.78. The Morgan fingerprint density at radius 2 is 1.95 bits per heavy atom. The monoisotopic (exact) mass is 287 g/mol. The molecule has 1 N–H and O–H groups in total. The van der Waals surface area contributed by atoms with Gasteiger partial charge in [0.1, 0.15) is 0 Å². The Bertz CT molecular complexity index is 519. The number of nitro groups is 1. The van der Waals surface area contributed by atoms with Gasteiger partial charge in [0.2, 0.25) is 5.91 Å². The lowest BCUT2D eigenvalue weighted by Crippen LogP contribution is -2.35. The molecule has 20 heavy (non-hydrogen) atoms. The number of carbonyl (C=O) groups excluding carboxylic acids is 1. The summed E-state index contributed by atoms with van der Waals surface area (Å²) >= 11 is 0. The van der Waals surface area contributed by atoms with Crippen LogP contribution >= 0.6 is 0 Å². The highest BCUT2D eigenvalue weighted by molar-refractivity contribution is 5.81. The van der Waals surface area contributed by atoms with E-state index in [0.29, 0.717) is 19.2 Å². The van der Waals surface area contributed by atoms with Crippen molar-refractivity contribution in [3.05, 3.63) is 33.9 Å². The topological polar surface area (TPSA) is 75.5 Å². The highest BCUT2D eigenvalue weighted by atomic mass is 19.2. The number of nitrogens with zero attached hydrogens (tertiary/aromatic N) is 2. The maximum Gasteiger partial charge on any atom is 0.295 e. The van der Waals surface area contributed by atoms with Crippen molar-refractivity contribution in [3.8, 4) is 0 Å². The van der Waals surface area contributed by atoms with Crippen molar-refractivity contribution in [1.29, 1.82) is 0 Å². The van der Waals surface area contributed by atoms with E-state index in [-0.39, 0.29) is 12.5 Å². The zero-order chi connectivity index (χ0) is 15.3. The lowest BCUT2D eigenvalue weighted by Gasteiger charge is -2.19. The van der Waals surface area contributed by atoms with E-state index >= 15 is 0 Å². The van der Waals surface area contributed by atoms with Crippen LogP contribution in [0.2, 0.25) is 0 Å². The average Bonchev–Trinajstić information content (AvgIpc) is 2.41. The van der Waals surface area contributed by atoms with Crippen LogP contribution in [0.15, 0.2) is 12.1 Å². The van der Waals surface area contributed by atoms with Crippen LogP contribution < -0.4 is 5.32 Å². The molecule has 0 atom stereocenters. The van der Waals surface area contributed by atoms with Crippen molar-refractivity contribution in [2.45, 2.75) is 13.8 Å². The van der Waals surface area contributed by atoms with Crippen molar-refractivity contribution in [3.63, 3.8) is 0 Å². The van der Waals surface area contributed by atoms with Crippen molar-refractivity contribution >= 4 is 17.3 Å². The molecule has 0 unspecified atom stereocenters. The first-order valence-corrected chi connectivity index (χ1v) is 6.06. The standard InChI is InChI=1S/C12H15F2N3O3/c1-3-16(4-2)10(18)7-15-12-9(17(19)20)6-5-8(13)11(12)14/h5-6,15H,3-4,7H2,1-2H3. The Kier molecular flexibility index (Phi) is 5.36. The van der Waals surface area contributed by atoms with Crippen molar-refractivity contribution in [2.24, 2.45) is 0 Å². The quantitative estimate of drug-likeness (QED) is 0.642. The Morgan fingerprint density at radius 3 is 2.45 bits per heavy atom. The largest absolute Gasteiger partial charge is 0.368 e. The number of rotatable bonds is 6. The molecule has 8 heteroatoms. The summed E-state index contributed by atoms with van der Waals surface area (Å²) in [6.45, 7) is 4.12. The van der Waals surface area contributed by atoms with Crippen LogP contribution in [0, 0.1) is 21.7 Å². The van der Waals surface area contributed by atoms with Crippen LogP contribution in [-0.2, 0) is 4.79 Å². The predicted octanol–water partition coefficient (Wildman–Crippen LogP) is 2.15. The Morgan fingerprint density at radius 1 is 1.35 bits per heavy atom. The molecule has 1 aromatic rings. The van der Waals surface area contributed by atoms with Gasteiger partial charge in [-0.2, -0.15) is 0 Å². The molecule has 0 fully saturated rings. The van der Waals surface area contributed by atoms with Crippen molar-refractivity contribution < 1.29 is 18.5 Å². The summed E-state index contributed by atoms with van der Waals surface area (Å²) in [5.41, 5.74) is -1.23. The summed E-state index contributed by atoms with van der Waals surface area (Å²) < 4.78 is 26.7. The SMILES string of the molecule is CCN(CC)C(=O)CNc1c([N+](=O)[O-])ccc(F)c1F. The smallest absolute Gasteiger partial charge is 0.295 e. The minimum atomic E-state index is -1.37. The number of halogens is 2. The third-order valence-electron chi connectivity index (χ3n) is 2.80. The molecule has 1 rings (SSSR count). The van der Waals surface area contributed by atoms with Gasteiger partial charge < -0.3 is 10.2 Å². The van der Waals surface area contributed by atoms with Crippen LogP contribution in [0.25, 0.3) is 0 Å². The van der Waals surface area contributed by atoms with Gasteiger partial charge >= 0.3 is 0 Å². The van der Waals surface area contributed by atoms with E-state index in [1.807, 2.05) is 0 Å². The Balaban J connectivity index is 2.94. The van der Waals surface area contributed by atoms with E-state index in [0.717, 1.165) is 6.07 Å². The fraction of sp³-hybridized carbons (Fsp3) is 0.417. The van der Waals surface area contributed by atoms with Gasteiger partial charge in [0.05, 0.1) is 11.5 Å². The molecule has 0 saturated carbocycles. The van der Waals surface area contributed by atoms with E-state index in [1.165, 1.54) is 4.90 Å². The van der Waals surface area contributed by atoms with Crippen LogP contribution in [0.1, 0.15) is 13.8 Å². The third kappa shape index (κ3) is 3.40. The summed E-state index contributed by atoms with van der Waals surface area (Å²) in [5, 5.41) is 13.1. The summed E-state index contributed by atoms with van der Waals surface area (Å²) in [6, 6.07) is 1.52. The van der Waals surface area contributed by atoms with Crippen molar-refractivity contribution in [1.82, 2.24) is 4.90 Å². The number of hydrogen-bond acceptors (Lipinski definition) is 4. The second-order valence-corrected chi connectivity index (χ2v) is 3.93. The number of amides is 1. The zero-order valence-electron chi connectivity index (χ0n) is 11.2. The summed E-state index contributed by atoms with van der Waals surface area (Å²) in [4.78, 5) is 23.1. The zero-order valence-corrected chi connectivity index (χ0v) is 11.2. The molecule has 0 aliphatic heterocycles. The van der Waals surface area contributed by atoms with Gasteiger partial charge in [-0.15, -0.1) is 0 Å². The second-order valence-electron chi connectivity index (χ2n) is 3.93. The molecule has 0 heterocycles. The molecule has 1 amide bonds. The number of hydrogen-bond donors (Lipinski definition) is 1. The molecule has 1 aromatic carbocycles. The summed E-state index contributed by atoms with van der Waals surface area (Å²) in [6.07, 6.45) is 0. The molecule has 0 aromatic heterocycles. The molecule has 6 nitrogen and oxygen atoms in total. The van der Waals surface area contributed by atoms with E-state index < -0.39 is 27.9 Å². The minimum absolute atomic E-state index is 0.344. The molecular weight excluding hydrogens is 272 g/mol. The van der Waals surface area contributed by atoms with Crippen LogP contribution in [-0.4, -0.2) is 35.4 Å². The van der Waals surface area contributed by atoms with Gasteiger partial charge in [-0.1, -0.05) is 0 Å². The Hall–Kier alpha value is -2.25. The number of nitrogens with one attached hydrogen (secondary N) is 1. The minimum Gasteiger partial charge on any atom is -0.368 e. The third-order valence-corrected chi connectivity index (χ3v) is 2.80. The van der Waals surface area contributed by atoms with E-state index in [9.17, 15) is 23.7 Å². The maximum absolute atomic E-state index is 13.6. The molecule has 0 aliphatic rings. The lowest BCUT2D eigenvalue weighted by molar-refractivity contribution is -0.384. The van der Waals surface area contributed by atoms with E-state index in [2.05, 4.69) is 5.32 Å². The number of nitro benzene ring substituents is 1. The lowest BCUT2D eigenvalue weighted by atomic mass is 10.2. The molecule has 0 bridgehead atoms. The fourth-order valence-electron chi connectivity index (χ4n) is 1.71. The van der Waals surface area contributed by atoms with E-state index in [4.69, 9.17) is 0 Å². The average molecular weight is 287 g/mol. The highest BCUT2D eigenvalue weighted by Crippen LogP contribution is 2.28. The molecule has 0 saturated heterocycles. The highest BCUT2D eigenvalue weighted by Gasteiger charge is 2.22. The molecule has 110 valence electrons. The molecule has 0 radical (unpaired) electrons. The molecular formula is C12H15F2N3O3. The van der Waals surface area contributed by atoms with Gasteiger partial charge in [-0.3, -0.25) is 14.9 Å². The van der Waals surface area contributed by atoms with Gasteiger partial charge in [0.15, 0.2) is 17.3 Å². The Labute approximate surface area is 114 Å². The number of anilines is 1. The number of likely N-dealkylation sites (N-methyl/N-ethyl adjacent to an activating group) is 1. The predicted molar refractivity (Wildman–Crippen MR) is 69.4 cm³/mol. The van der Waals surface area contributed by atoms with Crippen LogP contribution in [0.3, 0.4) is 0 Å². The first kappa shape index (κ1) is 15.8. The first-order valence-electron chi connectivity index (χ1n) is 6.06. The van der Waals surface area contributed by atoms with Gasteiger partial charge in [-0.25, -0.2) is 8.78 Å². The number of benzene rings is 1. The van der Waals surface area contributed by atoms with Gasteiger partial charge in [-0.05, 0) is 19.9 Å². The first-order chi connectivity index (χ1) is 9.42. The van der Waals surface area contributed by atoms with E-state index in [1.54, 1.807) is 13.8 Å². The fourth-order valence-corrected chi connectivity index (χ4v) is 1.71. The van der Waals surface area contributed by atoms with Crippen LogP contribution in [0.5, 0.6) is 0 Å². The molecule has 0 spiro atoms. The maximum atomic E-state index is 13.6.